The second-order valence-electron chi connectivity index (χ2n) is 7.28. The van der Waals surface area contributed by atoms with Crippen molar-refractivity contribution in [1.82, 2.24) is 24.8 Å². The van der Waals surface area contributed by atoms with Gasteiger partial charge < -0.3 is 9.64 Å². The molecule has 0 aromatic carbocycles. The first-order valence-corrected chi connectivity index (χ1v) is 9.48. The van der Waals surface area contributed by atoms with Crippen molar-refractivity contribution in [3.05, 3.63) is 42.4 Å². The van der Waals surface area contributed by atoms with Gasteiger partial charge in [-0.15, -0.1) is 0 Å². The fourth-order valence-corrected chi connectivity index (χ4v) is 4.06. The Hall–Kier alpha value is -2.38. The summed E-state index contributed by atoms with van der Waals surface area (Å²) < 4.78 is 5.18. The molecule has 7 nitrogen and oxygen atoms in total. The molecular formula is C20H25N5O2. The maximum Gasteiger partial charge on any atom is 0.227 e. The highest BCUT2D eigenvalue weighted by Crippen LogP contribution is 2.29. The SMILES string of the molecule is COCCN1C(=O)[C@@H]2CC[C@H]1CN(Cc1cnc(-c3ccccn3)nc1)C2. The average Bonchev–Trinajstić information content (AvgIpc) is 2.98. The maximum atomic E-state index is 12.7. The van der Waals surface area contributed by atoms with Gasteiger partial charge >= 0.3 is 0 Å². The van der Waals surface area contributed by atoms with E-state index in [-0.39, 0.29) is 17.9 Å². The van der Waals surface area contributed by atoms with Crippen molar-refractivity contribution >= 4 is 5.91 Å². The third kappa shape index (κ3) is 3.99. The Balaban J connectivity index is 1.43. The van der Waals surface area contributed by atoms with Gasteiger partial charge in [0.15, 0.2) is 5.82 Å². The Kier molecular flexibility index (Phi) is 5.40. The minimum Gasteiger partial charge on any atom is -0.383 e. The van der Waals surface area contributed by atoms with Crippen molar-refractivity contribution in [2.75, 3.05) is 33.4 Å². The Labute approximate surface area is 159 Å². The number of pyridine rings is 1. The third-order valence-corrected chi connectivity index (χ3v) is 5.41. The number of rotatable bonds is 6. The van der Waals surface area contributed by atoms with Gasteiger partial charge in [-0.3, -0.25) is 14.7 Å². The van der Waals surface area contributed by atoms with Crippen LogP contribution < -0.4 is 0 Å². The number of carbonyl (C=O) groups is 1. The molecule has 3 aliphatic rings. The van der Waals surface area contributed by atoms with E-state index in [4.69, 9.17) is 4.74 Å². The maximum absolute atomic E-state index is 12.7. The van der Waals surface area contributed by atoms with E-state index < -0.39 is 0 Å². The Morgan fingerprint density at radius 3 is 2.74 bits per heavy atom. The quantitative estimate of drug-likeness (QED) is 0.772. The molecule has 2 atom stereocenters. The van der Waals surface area contributed by atoms with Crippen LogP contribution in [0.15, 0.2) is 36.8 Å². The van der Waals surface area contributed by atoms with Crippen LogP contribution in [0.25, 0.3) is 11.5 Å². The van der Waals surface area contributed by atoms with Crippen molar-refractivity contribution in [2.45, 2.75) is 25.4 Å². The van der Waals surface area contributed by atoms with Crippen molar-refractivity contribution in [3.8, 4) is 11.5 Å². The van der Waals surface area contributed by atoms with Gasteiger partial charge in [-0.25, -0.2) is 9.97 Å². The van der Waals surface area contributed by atoms with Crippen molar-refractivity contribution < 1.29 is 9.53 Å². The largest absolute Gasteiger partial charge is 0.383 e. The number of ether oxygens (including phenoxy) is 1. The Morgan fingerprint density at radius 1 is 1.15 bits per heavy atom. The highest BCUT2D eigenvalue weighted by atomic mass is 16.5. The number of piperidine rings is 1. The topological polar surface area (TPSA) is 71.5 Å². The zero-order valence-electron chi connectivity index (χ0n) is 15.6. The number of amides is 1. The Morgan fingerprint density at radius 2 is 2.00 bits per heavy atom. The first-order chi connectivity index (χ1) is 13.2. The molecule has 5 heterocycles. The van der Waals surface area contributed by atoms with E-state index in [0.29, 0.717) is 19.0 Å². The average molecular weight is 367 g/mol. The lowest BCUT2D eigenvalue weighted by Gasteiger charge is -2.35. The summed E-state index contributed by atoms with van der Waals surface area (Å²) in [4.78, 5) is 30.3. The van der Waals surface area contributed by atoms with Gasteiger partial charge in [0.2, 0.25) is 5.91 Å². The predicted octanol–water partition coefficient (Wildman–Crippen LogP) is 1.61. The lowest BCUT2D eigenvalue weighted by molar-refractivity contribution is -0.140. The zero-order chi connectivity index (χ0) is 18.6. The van der Waals surface area contributed by atoms with Crippen LogP contribution >= 0.6 is 0 Å². The number of hydrogen-bond donors (Lipinski definition) is 0. The van der Waals surface area contributed by atoms with Crippen LogP contribution in [0, 0.1) is 5.92 Å². The minimum atomic E-state index is 0.0920. The number of hydrogen-bond acceptors (Lipinski definition) is 6. The summed E-state index contributed by atoms with van der Waals surface area (Å²) in [6, 6.07) is 5.99. The Bertz CT molecular complexity index is 768. The van der Waals surface area contributed by atoms with E-state index in [2.05, 4.69) is 19.9 Å². The van der Waals surface area contributed by atoms with Crippen LogP contribution in [0.1, 0.15) is 18.4 Å². The molecule has 3 aliphatic heterocycles. The fourth-order valence-electron chi connectivity index (χ4n) is 4.06. The van der Waals surface area contributed by atoms with Crippen molar-refractivity contribution in [3.63, 3.8) is 0 Å². The molecule has 5 rings (SSSR count). The lowest BCUT2D eigenvalue weighted by atomic mass is 9.94. The second kappa shape index (κ2) is 8.10. The molecule has 2 aromatic rings. The van der Waals surface area contributed by atoms with Crippen molar-refractivity contribution in [1.29, 1.82) is 0 Å². The summed E-state index contributed by atoms with van der Waals surface area (Å²) in [6.07, 6.45) is 7.54. The summed E-state index contributed by atoms with van der Waals surface area (Å²) in [5, 5.41) is 0. The first kappa shape index (κ1) is 18.0. The van der Waals surface area contributed by atoms with Gasteiger partial charge in [0.1, 0.15) is 5.69 Å². The van der Waals surface area contributed by atoms with E-state index in [9.17, 15) is 4.79 Å². The normalized spacial score (nSPS) is 22.9. The summed E-state index contributed by atoms with van der Waals surface area (Å²) >= 11 is 0. The van der Waals surface area contributed by atoms with E-state index in [0.717, 1.165) is 43.7 Å². The van der Waals surface area contributed by atoms with Crippen LogP contribution in [-0.4, -0.2) is 70.1 Å². The standard InChI is InChI=1S/C20H25N5O2/c1-27-9-8-25-17-6-5-16(20(25)26)13-24(14-17)12-15-10-22-19(23-11-15)18-4-2-3-7-21-18/h2-4,7,10-11,16-17H,5-6,8-9,12-14H2,1H3/t16-,17+/m1/s1. The molecule has 0 spiro atoms. The number of nitrogens with zero attached hydrogens (tertiary/aromatic N) is 5. The fraction of sp³-hybridized carbons (Fsp3) is 0.500. The van der Waals surface area contributed by atoms with Crippen LogP contribution in [0.4, 0.5) is 0 Å². The number of aromatic nitrogens is 3. The van der Waals surface area contributed by atoms with Crippen LogP contribution in [-0.2, 0) is 16.1 Å². The van der Waals surface area contributed by atoms with Crippen LogP contribution in [0.3, 0.4) is 0 Å². The molecule has 142 valence electrons. The smallest absolute Gasteiger partial charge is 0.227 e. The van der Waals surface area contributed by atoms with Gasteiger partial charge in [0.25, 0.3) is 0 Å². The summed E-state index contributed by atoms with van der Waals surface area (Å²) in [5.74, 6) is 1.01. The van der Waals surface area contributed by atoms with E-state index in [1.54, 1.807) is 13.3 Å². The molecule has 2 aromatic heterocycles. The van der Waals surface area contributed by atoms with Gasteiger partial charge in [0, 0.05) is 63.5 Å². The van der Waals surface area contributed by atoms with E-state index in [1.807, 2.05) is 35.5 Å². The molecule has 0 unspecified atom stereocenters. The van der Waals surface area contributed by atoms with E-state index >= 15 is 0 Å². The molecular weight excluding hydrogens is 342 g/mol. The summed E-state index contributed by atoms with van der Waals surface area (Å²) in [5.41, 5.74) is 1.84. The third-order valence-electron chi connectivity index (χ3n) is 5.41. The zero-order valence-corrected chi connectivity index (χ0v) is 15.6. The van der Waals surface area contributed by atoms with Crippen LogP contribution in [0.5, 0.6) is 0 Å². The predicted molar refractivity (Wildman–Crippen MR) is 101 cm³/mol. The summed E-state index contributed by atoms with van der Waals surface area (Å²) in [6.45, 7) is 3.75. The summed E-state index contributed by atoms with van der Waals surface area (Å²) in [7, 11) is 1.68. The number of carbonyl (C=O) groups excluding carboxylic acids is 1. The number of methoxy groups -OCH3 is 1. The van der Waals surface area contributed by atoms with Gasteiger partial charge in [0.05, 0.1) is 12.5 Å². The second-order valence-corrected chi connectivity index (χ2v) is 7.28. The highest BCUT2D eigenvalue weighted by Gasteiger charge is 2.40. The number of fused-ring (bicyclic) bond motifs is 4. The monoisotopic (exact) mass is 367 g/mol. The first-order valence-electron chi connectivity index (χ1n) is 9.48. The molecule has 2 bridgehead atoms. The molecule has 27 heavy (non-hydrogen) atoms. The van der Waals surface area contributed by atoms with Gasteiger partial charge in [-0.2, -0.15) is 0 Å². The van der Waals surface area contributed by atoms with E-state index in [1.165, 1.54) is 0 Å². The molecule has 1 amide bonds. The highest BCUT2D eigenvalue weighted by molar-refractivity contribution is 5.80. The molecule has 7 heteroatoms. The molecule has 0 radical (unpaired) electrons. The van der Waals surface area contributed by atoms with Crippen molar-refractivity contribution in [2.24, 2.45) is 5.92 Å². The lowest BCUT2D eigenvalue weighted by Crippen LogP contribution is -2.49. The molecule has 3 fully saturated rings. The van der Waals surface area contributed by atoms with Gasteiger partial charge in [-0.05, 0) is 25.0 Å². The molecule has 0 aliphatic carbocycles. The molecule has 3 saturated heterocycles. The molecule has 0 N–H and O–H groups in total. The molecule has 0 saturated carbocycles. The van der Waals surface area contributed by atoms with Crippen LogP contribution in [0.2, 0.25) is 0 Å². The minimum absolute atomic E-state index is 0.0920. The van der Waals surface area contributed by atoms with Gasteiger partial charge in [-0.1, -0.05) is 6.07 Å².